The first-order valence-corrected chi connectivity index (χ1v) is 9.50. The van der Waals surface area contributed by atoms with Crippen LogP contribution in [-0.4, -0.2) is 33.7 Å². The molecule has 1 aromatic carbocycles. The van der Waals surface area contributed by atoms with E-state index in [4.69, 9.17) is 5.10 Å². The molecule has 0 saturated heterocycles. The molecule has 126 valence electrons. The highest BCUT2D eigenvalue weighted by atomic mass is 32.2. The van der Waals surface area contributed by atoms with Gasteiger partial charge in [-0.25, -0.2) is 5.01 Å². The zero-order valence-corrected chi connectivity index (χ0v) is 14.7. The van der Waals surface area contributed by atoms with Crippen LogP contribution in [0.3, 0.4) is 0 Å². The smallest absolute Gasteiger partial charge is 0.189 e. The van der Waals surface area contributed by atoms with Gasteiger partial charge < -0.3 is 5.32 Å². The maximum atomic E-state index is 11.6. The highest BCUT2D eigenvalue weighted by molar-refractivity contribution is 8.26. The third-order valence-electron chi connectivity index (χ3n) is 4.89. The van der Waals surface area contributed by atoms with E-state index in [1.54, 1.807) is 18.7 Å². The molecule has 3 aliphatic rings. The number of carbonyl (C=O) groups excluding carboxylic acids is 1. The third-order valence-corrected chi connectivity index (χ3v) is 5.78. The number of carbonyl (C=O) groups is 1. The molecule has 0 radical (unpaired) electrons. The summed E-state index contributed by atoms with van der Waals surface area (Å²) in [5.41, 5.74) is 1.85. The molecule has 0 bridgehead atoms. The van der Waals surface area contributed by atoms with E-state index < -0.39 is 0 Å². The molecule has 1 fully saturated rings. The molecule has 1 saturated carbocycles. The molecule has 1 aromatic rings. The van der Waals surface area contributed by atoms with Crippen LogP contribution < -0.4 is 5.32 Å². The number of ketones is 1. The molecule has 24 heavy (non-hydrogen) atoms. The van der Waals surface area contributed by atoms with Gasteiger partial charge in [-0.05, 0) is 43.2 Å². The molecule has 1 N–H and O–H groups in total. The largest absolute Gasteiger partial charge is 0.360 e. The van der Waals surface area contributed by atoms with Crippen LogP contribution >= 0.6 is 11.8 Å². The maximum Gasteiger partial charge on any atom is 0.189 e. The van der Waals surface area contributed by atoms with E-state index in [0.29, 0.717) is 12.6 Å². The summed E-state index contributed by atoms with van der Waals surface area (Å²) in [6, 6.07) is 8.47. The van der Waals surface area contributed by atoms with Crippen molar-refractivity contribution in [2.75, 3.05) is 6.54 Å². The summed E-state index contributed by atoms with van der Waals surface area (Å²) >= 11 is 1.63. The van der Waals surface area contributed by atoms with Crippen molar-refractivity contribution < 1.29 is 4.79 Å². The summed E-state index contributed by atoms with van der Waals surface area (Å²) in [6.45, 7) is 2.30. The van der Waals surface area contributed by atoms with Crippen LogP contribution in [0.1, 0.15) is 61.0 Å². The minimum Gasteiger partial charge on any atom is -0.360 e. The van der Waals surface area contributed by atoms with Crippen molar-refractivity contribution in [1.29, 1.82) is 0 Å². The van der Waals surface area contributed by atoms with E-state index in [9.17, 15) is 4.79 Å². The van der Waals surface area contributed by atoms with E-state index >= 15 is 0 Å². The number of nitrogens with one attached hydrogen (secondary N) is 1. The van der Waals surface area contributed by atoms with E-state index in [1.165, 1.54) is 32.1 Å². The van der Waals surface area contributed by atoms with Gasteiger partial charge in [0.2, 0.25) is 0 Å². The molecule has 0 amide bonds. The number of benzene rings is 1. The van der Waals surface area contributed by atoms with Gasteiger partial charge in [-0.3, -0.25) is 9.79 Å². The van der Waals surface area contributed by atoms with Crippen molar-refractivity contribution in [2.45, 2.75) is 51.1 Å². The Kier molecular flexibility index (Phi) is 4.31. The molecule has 0 spiro atoms. The second kappa shape index (κ2) is 6.59. The van der Waals surface area contributed by atoms with Gasteiger partial charge in [-0.15, -0.1) is 5.10 Å². The van der Waals surface area contributed by atoms with Crippen molar-refractivity contribution in [1.82, 2.24) is 10.3 Å². The number of hydrogen-bond donors (Lipinski definition) is 1. The lowest BCUT2D eigenvalue weighted by molar-refractivity contribution is 0.101. The number of aliphatic imine (C=N–C) groups is 1. The Morgan fingerprint density at radius 2 is 2.12 bits per heavy atom. The van der Waals surface area contributed by atoms with Gasteiger partial charge in [0.05, 0.1) is 12.6 Å². The fourth-order valence-electron chi connectivity index (χ4n) is 3.54. The quantitative estimate of drug-likeness (QED) is 0.854. The van der Waals surface area contributed by atoms with Crippen LogP contribution in [0.4, 0.5) is 0 Å². The SMILES string of the molecule is CC(=O)c1cccc(C2CN=C3SC(NC4CCCCC4)=NN32)c1. The fraction of sp³-hybridized carbons (Fsp3) is 0.500. The first-order valence-electron chi connectivity index (χ1n) is 8.68. The number of nitrogens with zero attached hydrogens (tertiary/aromatic N) is 3. The van der Waals surface area contributed by atoms with Crippen LogP contribution in [0.5, 0.6) is 0 Å². The lowest BCUT2D eigenvalue weighted by atomic mass is 9.96. The van der Waals surface area contributed by atoms with Crippen molar-refractivity contribution in [3.8, 4) is 0 Å². The Bertz CT molecular complexity index is 709. The molecular weight excluding hydrogens is 320 g/mol. The van der Waals surface area contributed by atoms with Crippen LogP contribution in [0, 0.1) is 0 Å². The summed E-state index contributed by atoms with van der Waals surface area (Å²) in [4.78, 5) is 16.3. The summed E-state index contributed by atoms with van der Waals surface area (Å²) in [5, 5.41) is 12.3. The maximum absolute atomic E-state index is 11.6. The molecular formula is C18H22N4OS. The Labute approximate surface area is 146 Å². The minimum atomic E-state index is 0.0925. The van der Waals surface area contributed by atoms with Crippen LogP contribution in [0.15, 0.2) is 34.4 Å². The van der Waals surface area contributed by atoms with Gasteiger partial charge in [-0.1, -0.05) is 37.5 Å². The summed E-state index contributed by atoms with van der Waals surface area (Å²) in [7, 11) is 0. The highest BCUT2D eigenvalue weighted by Gasteiger charge is 2.36. The van der Waals surface area contributed by atoms with E-state index in [2.05, 4.69) is 16.4 Å². The average molecular weight is 342 g/mol. The topological polar surface area (TPSA) is 57.1 Å². The standard InChI is InChI=1S/C18H22N4OS/c1-12(23)13-6-5-7-14(10-13)16-11-19-18-22(16)21-17(24-18)20-15-8-3-2-4-9-15/h5-7,10,15-16H,2-4,8-9,11H2,1H3,(H,20,21). The number of hydrogen-bond acceptors (Lipinski definition) is 6. The highest BCUT2D eigenvalue weighted by Crippen LogP contribution is 2.35. The van der Waals surface area contributed by atoms with Gasteiger partial charge in [0.1, 0.15) is 0 Å². The normalized spacial score (nSPS) is 23.7. The van der Waals surface area contributed by atoms with Crippen LogP contribution in [-0.2, 0) is 0 Å². The van der Waals surface area contributed by atoms with Crippen molar-refractivity contribution in [2.24, 2.45) is 10.1 Å². The molecule has 1 aliphatic carbocycles. The summed E-state index contributed by atoms with van der Waals surface area (Å²) in [6.07, 6.45) is 6.43. The van der Waals surface area contributed by atoms with Crippen molar-refractivity contribution in [3.05, 3.63) is 35.4 Å². The number of rotatable bonds is 3. The molecule has 2 aliphatic heterocycles. The Morgan fingerprint density at radius 1 is 1.29 bits per heavy atom. The van der Waals surface area contributed by atoms with Crippen LogP contribution in [0.25, 0.3) is 0 Å². The van der Waals surface area contributed by atoms with Gasteiger partial charge in [0.15, 0.2) is 16.1 Å². The lowest BCUT2D eigenvalue weighted by Gasteiger charge is -2.23. The van der Waals surface area contributed by atoms with E-state index in [0.717, 1.165) is 21.5 Å². The first-order chi connectivity index (χ1) is 11.7. The number of hydrazone groups is 1. The first kappa shape index (κ1) is 15.7. The summed E-state index contributed by atoms with van der Waals surface area (Å²) in [5.74, 6) is 0.0925. The van der Waals surface area contributed by atoms with Crippen molar-refractivity contribution >= 4 is 27.9 Å². The number of thioether (sulfide) groups is 1. The number of amidine groups is 2. The molecule has 2 heterocycles. The lowest BCUT2D eigenvalue weighted by Crippen LogP contribution is -2.34. The monoisotopic (exact) mass is 342 g/mol. The molecule has 1 atom stereocenters. The molecule has 6 heteroatoms. The average Bonchev–Trinajstić information content (AvgIpc) is 3.16. The fourth-order valence-corrected chi connectivity index (χ4v) is 4.46. The molecule has 4 rings (SSSR count). The number of Topliss-reactive ketones (excluding diaryl/α,β-unsaturated/α-hetero) is 1. The second-order valence-electron chi connectivity index (χ2n) is 6.65. The van der Waals surface area contributed by atoms with Crippen LogP contribution in [0.2, 0.25) is 0 Å². The molecule has 1 unspecified atom stereocenters. The predicted molar refractivity (Wildman–Crippen MR) is 98.4 cm³/mol. The molecule has 0 aromatic heterocycles. The number of fused-ring (bicyclic) bond motifs is 1. The Hall–Kier alpha value is -1.82. The van der Waals surface area contributed by atoms with Gasteiger partial charge >= 0.3 is 0 Å². The summed E-state index contributed by atoms with van der Waals surface area (Å²) < 4.78 is 0. The predicted octanol–water partition coefficient (Wildman–Crippen LogP) is 3.54. The Balaban J connectivity index is 1.49. The zero-order valence-electron chi connectivity index (χ0n) is 13.9. The van der Waals surface area contributed by atoms with Gasteiger partial charge in [0, 0.05) is 11.6 Å². The zero-order chi connectivity index (χ0) is 16.5. The van der Waals surface area contributed by atoms with E-state index in [1.807, 2.05) is 23.2 Å². The minimum absolute atomic E-state index is 0.0925. The third kappa shape index (κ3) is 3.07. The Morgan fingerprint density at radius 3 is 2.92 bits per heavy atom. The van der Waals surface area contributed by atoms with Gasteiger partial charge in [0.25, 0.3) is 0 Å². The van der Waals surface area contributed by atoms with Gasteiger partial charge in [-0.2, -0.15) is 0 Å². The van der Waals surface area contributed by atoms with Crippen molar-refractivity contribution in [3.63, 3.8) is 0 Å². The van der Waals surface area contributed by atoms with E-state index in [-0.39, 0.29) is 11.8 Å². The molecule has 5 nitrogen and oxygen atoms in total. The second-order valence-corrected chi connectivity index (χ2v) is 7.61.